The minimum Gasteiger partial charge on any atom is -0.461 e. The highest BCUT2D eigenvalue weighted by Gasteiger charge is 2.24. The standard InChI is InChI=1S/C20H28N4O4/c1-2-27-20(26)17-13-28-19(24-17)16(11-10-14-7-4-3-5-8-14)23-18(25)15(22)9-6-12-21/h3-5,7-8,13,15-16H,2,6,9-12,21-22H2,1H3,(H,23,25)/t15-,16-/m1/s1. The summed E-state index contributed by atoms with van der Waals surface area (Å²) in [5.74, 6) is -0.619. The third kappa shape index (κ3) is 6.47. The maximum Gasteiger partial charge on any atom is 0.360 e. The van der Waals surface area contributed by atoms with Crippen molar-refractivity contribution < 1.29 is 18.7 Å². The molecule has 0 unspecified atom stereocenters. The molecule has 28 heavy (non-hydrogen) atoms. The van der Waals surface area contributed by atoms with Crippen molar-refractivity contribution in [2.24, 2.45) is 11.5 Å². The average molecular weight is 388 g/mol. The van der Waals surface area contributed by atoms with Gasteiger partial charge >= 0.3 is 5.97 Å². The van der Waals surface area contributed by atoms with E-state index in [0.29, 0.717) is 32.2 Å². The summed E-state index contributed by atoms with van der Waals surface area (Å²) >= 11 is 0. The van der Waals surface area contributed by atoms with Gasteiger partial charge in [-0.05, 0) is 44.7 Å². The molecule has 0 saturated heterocycles. The van der Waals surface area contributed by atoms with Crippen molar-refractivity contribution in [3.63, 3.8) is 0 Å². The summed E-state index contributed by atoms with van der Waals surface area (Å²) in [5, 5.41) is 2.88. The monoisotopic (exact) mass is 388 g/mol. The molecule has 0 bridgehead atoms. The number of carbonyl (C=O) groups is 2. The fourth-order valence-corrected chi connectivity index (χ4v) is 2.71. The minimum atomic E-state index is -0.665. The van der Waals surface area contributed by atoms with Gasteiger partial charge in [0.15, 0.2) is 5.69 Å². The number of hydrogen-bond donors (Lipinski definition) is 3. The Morgan fingerprint density at radius 2 is 2.00 bits per heavy atom. The van der Waals surface area contributed by atoms with Crippen LogP contribution in [0.4, 0.5) is 0 Å². The SMILES string of the molecule is CCOC(=O)c1coc([C@@H](CCc2ccccc2)NC(=O)[C@H](N)CCCN)n1. The van der Waals surface area contributed by atoms with Crippen molar-refractivity contribution in [1.82, 2.24) is 10.3 Å². The summed E-state index contributed by atoms with van der Waals surface area (Å²) in [6.45, 7) is 2.43. The number of carbonyl (C=O) groups excluding carboxylic acids is 2. The lowest BCUT2D eigenvalue weighted by molar-refractivity contribution is -0.123. The van der Waals surface area contributed by atoms with Crippen LogP contribution >= 0.6 is 0 Å². The molecule has 1 aromatic heterocycles. The van der Waals surface area contributed by atoms with Gasteiger partial charge in [0.2, 0.25) is 11.8 Å². The number of aryl methyl sites for hydroxylation is 1. The molecule has 0 aliphatic carbocycles. The van der Waals surface area contributed by atoms with Crippen molar-refractivity contribution in [1.29, 1.82) is 0 Å². The first kappa shape index (κ1) is 21.6. The van der Waals surface area contributed by atoms with Gasteiger partial charge < -0.3 is 25.9 Å². The van der Waals surface area contributed by atoms with Gasteiger partial charge in [0, 0.05) is 0 Å². The van der Waals surface area contributed by atoms with Crippen LogP contribution < -0.4 is 16.8 Å². The van der Waals surface area contributed by atoms with Crippen LogP contribution in [0, 0.1) is 0 Å². The fourth-order valence-electron chi connectivity index (χ4n) is 2.71. The molecule has 2 atom stereocenters. The molecule has 0 radical (unpaired) electrons. The maximum atomic E-state index is 12.4. The van der Waals surface area contributed by atoms with E-state index in [-0.39, 0.29) is 24.1 Å². The zero-order chi connectivity index (χ0) is 20.4. The summed E-state index contributed by atoms with van der Waals surface area (Å²) in [6.07, 6.45) is 3.63. The van der Waals surface area contributed by atoms with Crippen LogP contribution in [0.3, 0.4) is 0 Å². The highest BCUT2D eigenvalue weighted by atomic mass is 16.5. The Morgan fingerprint density at radius 1 is 1.25 bits per heavy atom. The smallest absolute Gasteiger partial charge is 0.360 e. The lowest BCUT2D eigenvalue weighted by Crippen LogP contribution is -2.42. The molecule has 2 rings (SSSR count). The molecule has 0 aliphatic rings. The van der Waals surface area contributed by atoms with E-state index in [4.69, 9.17) is 20.6 Å². The van der Waals surface area contributed by atoms with E-state index in [0.717, 1.165) is 5.56 Å². The second kappa shape index (κ2) is 11.2. The molecule has 0 spiro atoms. The van der Waals surface area contributed by atoms with Crippen LogP contribution in [0.1, 0.15) is 54.2 Å². The second-order valence-corrected chi connectivity index (χ2v) is 6.41. The molecule has 152 valence electrons. The zero-order valence-electron chi connectivity index (χ0n) is 16.1. The van der Waals surface area contributed by atoms with E-state index < -0.39 is 18.1 Å². The fraction of sp³-hybridized carbons (Fsp3) is 0.450. The third-order valence-corrected chi connectivity index (χ3v) is 4.24. The number of ether oxygens (including phenoxy) is 1. The van der Waals surface area contributed by atoms with E-state index in [9.17, 15) is 9.59 Å². The molecule has 0 saturated carbocycles. The third-order valence-electron chi connectivity index (χ3n) is 4.24. The minimum absolute atomic E-state index is 0.0724. The van der Waals surface area contributed by atoms with Crippen LogP contribution in [-0.2, 0) is 16.0 Å². The highest BCUT2D eigenvalue weighted by Crippen LogP contribution is 2.20. The van der Waals surface area contributed by atoms with Gasteiger partial charge in [-0.15, -0.1) is 0 Å². The Hall–Kier alpha value is -2.71. The van der Waals surface area contributed by atoms with E-state index in [1.807, 2.05) is 30.3 Å². The van der Waals surface area contributed by atoms with E-state index in [1.54, 1.807) is 6.92 Å². The van der Waals surface area contributed by atoms with E-state index in [1.165, 1.54) is 6.26 Å². The van der Waals surface area contributed by atoms with Crippen molar-refractivity contribution in [3.8, 4) is 0 Å². The summed E-state index contributed by atoms with van der Waals surface area (Å²) in [4.78, 5) is 28.5. The summed E-state index contributed by atoms with van der Waals surface area (Å²) < 4.78 is 10.4. The molecule has 8 nitrogen and oxygen atoms in total. The zero-order valence-corrected chi connectivity index (χ0v) is 16.1. The predicted molar refractivity (Wildman–Crippen MR) is 104 cm³/mol. The van der Waals surface area contributed by atoms with Crippen molar-refractivity contribution in [2.45, 2.75) is 44.7 Å². The number of amides is 1. The lowest BCUT2D eigenvalue weighted by atomic mass is 10.0. The molecule has 8 heteroatoms. The highest BCUT2D eigenvalue weighted by molar-refractivity contribution is 5.86. The van der Waals surface area contributed by atoms with Gasteiger partial charge in [-0.2, -0.15) is 0 Å². The number of nitrogens with one attached hydrogen (secondary N) is 1. The van der Waals surface area contributed by atoms with Crippen LogP contribution in [0.5, 0.6) is 0 Å². The van der Waals surface area contributed by atoms with Gasteiger partial charge in [0.25, 0.3) is 0 Å². The van der Waals surface area contributed by atoms with E-state index >= 15 is 0 Å². The Bertz CT molecular complexity index is 748. The number of esters is 1. The Balaban J connectivity index is 2.11. The van der Waals surface area contributed by atoms with Crippen LogP contribution in [0.25, 0.3) is 0 Å². The Kier molecular flexibility index (Phi) is 8.64. The topological polar surface area (TPSA) is 133 Å². The van der Waals surface area contributed by atoms with Gasteiger partial charge in [0.05, 0.1) is 12.6 Å². The lowest BCUT2D eigenvalue weighted by Gasteiger charge is -2.18. The van der Waals surface area contributed by atoms with Crippen molar-refractivity contribution in [3.05, 3.63) is 53.7 Å². The van der Waals surface area contributed by atoms with Crippen molar-refractivity contribution in [2.75, 3.05) is 13.2 Å². The van der Waals surface area contributed by atoms with Gasteiger partial charge in [-0.1, -0.05) is 30.3 Å². The first-order chi connectivity index (χ1) is 13.5. The molecule has 2 aromatic rings. The van der Waals surface area contributed by atoms with Crippen LogP contribution in [0.15, 0.2) is 41.0 Å². The Labute approximate surface area is 164 Å². The molecule has 0 fully saturated rings. The number of aromatic nitrogens is 1. The normalized spacial score (nSPS) is 13.0. The van der Waals surface area contributed by atoms with Crippen molar-refractivity contribution >= 4 is 11.9 Å². The Morgan fingerprint density at radius 3 is 2.68 bits per heavy atom. The summed E-state index contributed by atoms with van der Waals surface area (Å²) in [6, 6.07) is 8.68. The maximum absolute atomic E-state index is 12.4. The first-order valence-electron chi connectivity index (χ1n) is 9.47. The number of rotatable bonds is 11. The van der Waals surface area contributed by atoms with Gasteiger partial charge in [-0.3, -0.25) is 4.79 Å². The van der Waals surface area contributed by atoms with Crippen LogP contribution in [-0.4, -0.2) is 36.1 Å². The average Bonchev–Trinajstić information content (AvgIpc) is 3.20. The van der Waals surface area contributed by atoms with Crippen LogP contribution in [0.2, 0.25) is 0 Å². The molecule has 0 aliphatic heterocycles. The molecular weight excluding hydrogens is 360 g/mol. The molecule has 1 amide bonds. The molecule has 5 N–H and O–H groups in total. The summed E-state index contributed by atoms with van der Waals surface area (Å²) in [7, 11) is 0. The van der Waals surface area contributed by atoms with Gasteiger partial charge in [-0.25, -0.2) is 9.78 Å². The molecule has 1 heterocycles. The largest absolute Gasteiger partial charge is 0.461 e. The molecular formula is C20H28N4O4. The number of nitrogens with zero attached hydrogens (tertiary/aromatic N) is 1. The van der Waals surface area contributed by atoms with Gasteiger partial charge in [0.1, 0.15) is 12.3 Å². The first-order valence-corrected chi connectivity index (χ1v) is 9.47. The summed E-state index contributed by atoms with van der Waals surface area (Å²) in [5.41, 5.74) is 12.6. The van der Waals surface area contributed by atoms with E-state index in [2.05, 4.69) is 10.3 Å². The number of hydrogen-bond acceptors (Lipinski definition) is 7. The number of nitrogens with two attached hydrogens (primary N) is 2. The number of benzene rings is 1. The second-order valence-electron chi connectivity index (χ2n) is 6.41. The predicted octanol–water partition coefficient (Wildman–Crippen LogP) is 1.71. The number of oxazole rings is 1. The quantitative estimate of drug-likeness (QED) is 0.499. The molecule has 1 aromatic carbocycles.